The number of nitrogens with zero attached hydrogens (tertiary/aromatic N) is 2. The van der Waals surface area contributed by atoms with Crippen molar-refractivity contribution in [2.75, 3.05) is 6.54 Å². The Morgan fingerprint density at radius 2 is 1.87 bits per heavy atom. The Morgan fingerprint density at radius 3 is 2.52 bits per heavy atom. The molecule has 0 unspecified atom stereocenters. The fourth-order valence-corrected chi connectivity index (χ4v) is 2.61. The first-order valence-electron chi connectivity index (χ1n) is 8.36. The van der Waals surface area contributed by atoms with E-state index in [0.717, 1.165) is 30.5 Å². The summed E-state index contributed by atoms with van der Waals surface area (Å²) in [6.07, 6.45) is 3.01. The first-order chi connectivity index (χ1) is 11.1. The van der Waals surface area contributed by atoms with Crippen LogP contribution in [0.15, 0.2) is 35.4 Å². The molecule has 1 aliphatic heterocycles. The lowest BCUT2D eigenvalue weighted by Crippen LogP contribution is -2.34. The second-order valence-electron chi connectivity index (χ2n) is 5.76. The minimum Gasteiger partial charge on any atom is -0.353 e. The molecule has 1 aromatic rings. The van der Waals surface area contributed by atoms with Gasteiger partial charge >= 0.3 is 0 Å². The van der Waals surface area contributed by atoms with Crippen LogP contribution in [0.3, 0.4) is 0 Å². The van der Waals surface area contributed by atoms with Gasteiger partial charge in [0.2, 0.25) is 11.8 Å². The van der Waals surface area contributed by atoms with E-state index in [9.17, 15) is 9.59 Å². The van der Waals surface area contributed by atoms with Crippen molar-refractivity contribution >= 4 is 17.5 Å². The third-order valence-electron chi connectivity index (χ3n) is 4.11. The molecule has 0 radical (unpaired) electrons. The fraction of sp³-hybridized carbons (Fsp3) is 0.500. The first-order valence-corrected chi connectivity index (χ1v) is 8.36. The number of carbonyl (C=O) groups excluding carboxylic acids is 2. The highest BCUT2D eigenvalue weighted by Gasteiger charge is 2.22. The van der Waals surface area contributed by atoms with Gasteiger partial charge in [0.1, 0.15) is 0 Å². The molecular weight excluding hydrogens is 290 g/mol. The van der Waals surface area contributed by atoms with Crippen LogP contribution in [0.4, 0.5) is 0 Å². The van der Waals surface area contributed by atoms with E-state index in [0.29, 0.717) is 6.54 Å². The zero-order valence-electron chi connectivity index (χ0n) is 13.9. The number of amides is 2. The third kappa shape index (κ3) is 4.91. The topological polar surface area (TPSA) is 61.8 Å². The zero-order valence-corrected chi connectivity index (χ0v) is 13.9. The molecule has 0 aromatic heterocycles. The summed E-state index contributed by atoms with van der Waals surface area (Å²) in [7, 11) is 0. The second-order valence-corrected chi connectivity index (χ2v) is 5.76. The fourth-order valence-electron chi connectivity index (χ4n) is 2.61. The average Bonchev–Trinajstić information content (AvgIpc) is 3.08. The molecule has 1 aliphatic rings. The normalized spacial score (nSPS) is 14.0. The van der Waals surface area contributed by atoms with Crippen molar-refractivity contribution in [1.82, 2.24) is 10.3 Å². The molecule has 0 spiro atoms. The third-order valence-corrected chi connectivity index (χ3v) is 4.11. The van der Waals surface area contributed by atoms with Gasteiger partial charge in [-0.05, 0) is 18.4 Å². The summed E-state index contributed by atoms with van der Waals surface area (Å²) in [5.74, 6) is -0.144. The van der Waals surface area contributed by atoms with E-state index in [4.69, 9.17) is 0 Å². The molecule has 0 fully saturated rings. The number of hydrogen-bond donors (Lipinski definition) is 1. The van der Waals surface area contributed by atoms with Gasteiger partial charge in [-0.15, -0.1) is 0 Å². The van der Waals surface area contributed by atoms with Crippen molar-refractivity contribution in [3.8, 4) is 0 Å². The summed E-state index contributed by atoms with van der Waals surface area (Å²) in [6.45, 7) is 4.69. The van der Waals surface area contributed by atoms with Gasteiger partial charge in [0.15, 0.2) is 0 Å². The van der Waals surface area contributed by atoms with Crippen LogP contribution in [0, 0.1) is 0 Å². The van der Waals surface area contributed by atoms with Crippen LogP contribution < -0.4 is 5.32 Å². The molecular formula is C18H25N3O2. The highest BCUT2D eigenvalue weighted by atomic mass is 16.2. The Labute approximate surface area is 137 Å². The monoisotopic (exact) mass is 315 g/mol. The van der Waals surface area contributed by atoms with E-state index in [1.54, 1.807) is 0 Å². The molecule has 1 aromatic carbocycles. The van der Waals surface area contributed by atoms with Gasteiger partial charge in [0.25, 0.3) is 0 Å². The molecule has 5 heteroatoms. The molecule has 0 bridgehead atoms. The Morgan fingerprint density at radius 1 is 1.17 bits per heavy atom. The van der Waals surface area contributed by atoms with Gasteiger partial charge in [-0.25, -0.2) is 5.01 Å². The molecule has 0 saturated carbocycles. The van der Waals surface area contributed by atoms with E-state index < -0.39 is 0 Å². The number of carbonyl (C=O) groups is 2. The highest BCUT2D eigenvalue weighted by molar-refractivity contribution is 6.02. The minimum absolute atomic E-state index is 0.0569. The summed E-state index contributed by atoms with van der Waals surface area (Å²) in [6, 6.07) is 10.1. The number of rotatable bonds is 7. The van der Waals surface area contributed by atoms with Crippen molar-refractivity contribution in [1.29, 1.82) is 0 Å². The smallest absolute Gasteiger partial charge is 0.243 e. The summed E-state index contributed by atoms with van der Waals surface area (Å²) >= 11 is 0. The lowest BCUT2D eigenvalue weighted by Gasteiger charge is -2.15. The molecule has 5 nitrogen and oxygen atoms in total. The summed E-state index contributed by atoms with van der Waals surface area (Å²) in [5, 5.41) is 8.84. The van der Waals surface area contributed by atoms with Crippen LogP contribution in [-0.2, 0) is 9.59 Å². The van der Waals surface area contributed by atoms with Crippen LogP contribution in [-0.4, -0.2) is 35.1 Å². The molecule has 0 aliphatic carbocycles. The maximum atomic E-state index is 12.2. The average molecular weight is 315 g/mol. The largest absolute Gasteiger partial charge is 0.353 e. The lowest BCUT2D eigenvalue weighted by molar-refractivity contribution is -0.133. The van der Waals surface area contributed by atoms with Crippen LogP contribution in [0.25, 0.3) is 0 Å². The predicted octanol–water partition coefficient (Wildman–Crippen LogP) is 2.71. The predicted molar refractivity (Wildman–Crippen MR) is 91.1 cm³/mol. The Hall–Kier alpha value is -2.17. The van der Waals surface area contributed by atoms with Crippen molar-refractivity contribution < 1.29 is 9.59 Å². The molecule has 1 heterocycles. The molecule has 124 valence electrons. The van der Waals surface area contributed by atoms with Gasteiger partial charge in [0.05, 0.1) is 12.3 Å². The van der Waals surface area contributed by atoms with E-state index in [1.807, 2.05) is 44.2 Å². The maximum absolute atomic E-state index is 12.2. The molecule has 23 heavy (non-hydrogen) atoms. The van der Waals surface area contributed by atoms with Crippen molar-refractivity contribution in [2.45, 2.75) is 52.0 Å². The zero-order chi connectivity index (χ0) is 16.7. The molecule has 1 N–H and O–H groups in total. The molecule has 2 rings (SSSR count). The van der Waals surface area contributed by atoms with Crippen LogP contribution in [0.1, 0.15) is 51.5 Å². The van der Waals surface area contributed by atoms with E-state index in [-0.39, 0.29) is 30.7 Å². The highest BCUT2D eigenvalue weighted by Crippen LogP contribution is 2.15. The molecule has 0 saturated heterocycles. The Balaban J connectivity index is 1.83. The van der Waals surface area contributed by atoms with Crippen molar-refractivity contribution in [3.63, 3.8) is 0 Å². The Bertz CT molecular complexity index is 565. The van der Waals surface area contributed by atoms with E-state index >= 15 is 0 Å². The second kappa shape index (κ2) is 8.46. The minimum atomic E-state index is -0.0874. The number of nitrogens with one attached hydrogen (secondary N) is 1. The van der Waals surface area contributed by atoms with E-state index in [1.165, 1.54) is 5.01 Å². The molecule has 2 amide bonds. The van der Waals surface area contributed by atoms with E-state index in [2.05, 4.69) is 10.4 Å². The SMILES string of the molecule is CCC(CC)NC(=O)CCC(=O)N1CCC(c2ccccc2)=N1. The van der Waals surface area contributed by atoms with Crippen LogP contribution in [0.5, 0.6) is 0 Å². The molecule has 0 atom stereocenters. The van der Waals surface area contributed by atoms with Crippen molar-refractivity contribution in [2.24, 2.45) is 5.10 Å². The number of hydrazone groups is 1. The van der Waals surface area contributed by atoms with Crippen LogP contribution >= 0.6 is 0 Å². The van der Waals surface area contributed by atoms with Gasteiger partial charge in [-0.2, -0.15) is 5.10 Å². The van der Waals surface area contributed by atoms with Gasteiger partial charge in [-0.1, -0.05) is 44.2 Å². The number of hydrogen-bond acceptors (Lipinski definition) is 3. The summed E-state index contributed by atoms with van der Waals surface area (Å²) < 4.78 is 0. The Kier molecular flexibility index (Phi) is 6.32. The van der Waals surface area contributed by atoms with Gasteiger partial charge in [0, 0.05) is 25.3 Å². The number of benzene rings is 1. The quantitative estimate of drug-likeness (QED) is 0.841. The summed E-state index contributed by atoms with van der Waals surface area (Å²) in [4.78, 5) is 24.0. The first kappa shape index (κ1) is 17.2. The lowest BCUT2D eigenvalue weighted by atomic mass is 10.1. The standard InChI is InChI=1S/C18H25N3O2/c1-3-15(4-2)19-17(22)10-11-18(23)21-13-12-16(20-21)14-8-6-5-7-9-14/h5-9,15H,3-4,10-13H2,1-2H3,(H,19,22). The van der Waals surface area contributed by atoms with Crippen LogP contribution in [0.2, 0.25) is 0 Å². The maximum Gasteiger partial charge on any atom is 0.243 e. The van der Waals surface area contributed by atoms with Gasteiger partial charge < -0.3 is 5.32 Å². The van der Waals surface area contributed by atoms with Gasteiger partial charge in [-0.3, -0.25) is 9.59 Å². The summed E-state index contributed by atoms with van der Waals surface area (Å²) in [5.41, 5.74) is 1.98. The van der Waals surface area contributed by atoms with Crippen molar-refractivity contribution in [3.05, 3.63) is 35.9 Å².